The van der Waals surface area contributed by atoms with E-state index in [0.29, 0.717) is 63.4 Å². The topological polar surface area (TPSA) is 178 Å². The first-order valence-electron chi connectivity index (χ1n) is 21.8. The van der Waals surface area contributed by atoms with Gasteiger partial charge in [-0.3, -0.25) is 14.4 Å². The van der Waals surface area contributed by atoms with Crippen LogP contribution in [0.5, 0.6) is 0 Å². The summed E-state index contributed by atoms with van der Waals surface area (Å²) < 4.78 is 30.0. The van der Waals surface area contributed by atoms with Gasteiger partial charge in [-0.2, -0.15) is 0 Å². The van der Waals surface area contributed by atoms with Gasteiger partial charge in [-0.15, -0.1) is 6.58 Å². The Morgan fingerprint density at radius 1 is 0.966 bits per heavy atom. The Morgan fingerprint density at radius 2 is 1.63 bits per heavy atom. The van der Waals surface area contributed by atoms with Crippen molar-refractivity contribution in [3.05, 3.63) is 36.0 Å². The van der Waals surface area contributed by atoms with Gasteiger partial charge in [0.25, 0.3) is 11.7 Å². The van der Waals surface area contributed by atoms with Crippen molar-refractivity contribution in [3.63, 3.8) is 0 Å². The minimum atomic E-state index is -2.51. The third kappa shape index (κ3) is 11.4. The van der Waals surface area contributed by atoms with Crippen LogP contribution in [0.1, 0.15) is 119 Å². The average Bonchev–Trinajstić information content (AvgIpc) is 3.21. The van der Waals surface area contributed by atoms with Crippen LogP contribution in [0.2, 0.25) is 0 Å². The molecule has 0 aromatic heterocycles. The molecule has 14 atom stereocenters. The van der Waals surface area contributed by atoms with Gasteiger partial charge in [-0.1, -0.05) is 51.5 Å². The summed E-state index contributed by atoms with van der Waals surface area (Å²) in [7, 11) is 4.63. The highest BCUT2D eigenvalue weighted by Crippen LogP contribution is 2.44. The number of methoxy groups -OCH3 is 3. The molecule has 0 radical (unpaired) electrons. The van der Waals surface area contributed by atoms with Gasteiger partial charge < -0.3 is 43.9 Å². The van der Waals surface area contributed by atoms with Crippen LogP contribution in [0.4, 0.5) is 0 Å². The Balaban J connectivity index is 1.81. The van der Waals surface area contributed by atoms with Gasteiger partial charge in [0.15, 0.2) is 0 Å². The molecule has 3 fully saturated rings. The summed E-state index contributed by atoms with van der Waals surface area (Å²) in [6, 6.07) is -1.16. The highest BCUT2D eigenvalue weighted by Gasteiger charge is 2.56. The van der Waals surface area contributed by atoms with E-state index in [4.69, 9.17) is 23.7 Å². The maximum absolute atomic E-state index is 14.5. The number of aliphatic hydroxyl groups is 3. The van der Waals surface area contributed by atoms with Crippen LogP contribution in [-0.2, 0) is 42.9 Å². The molecule has 3 aliphatic heterocycles. The molecule has 0 aromatic rings. The Hall–Kier alpha value is -2.78. The predicted octanol–water partition coefficient (Wildman–Crippen LogP) is 5.42. The Labute approximate surface area is 351 Å². The molecule has 4 rings (SSSR count). The zero-order valence-electron chi connectivity index (χ0n) is 37.0. The highest BCUT2D eigenvalue weighted by atomic mass is 16.7. The first kappa shape index (κ1) is 48.9. The number of nitrogens with zero attached hydrogens (tertiary/aromatic N) is 1. The van der Waals surface area contributed by atoms with Crippen molar-refractivity contribution in [2.45, 2.75) is 173 Å². The number of piperidine rings is 1. The second-order valence-corrected chi connectivity index (χ2v) is 18.2. The van der Waals surface area contributed by atoms with Crippen LogP contribution in [0, 0.1) is 29.1 Å². The maximum atomic E-state index is 14.5. The first-order valence-corrected chi connectivity index (χ1v) is 21.8. The summed E-state index contributed by atoms with van der Waals surface area (Å²) in [6.45, 7) is 15.2. The molecule has 0 aromatic carbocycles. The number of allylic oxidation sites excluding steroid dienone is 4. The third-order valence-corrected chi connectivity index (χ3v) is 13.7. The van der Waals surface area contributed by atoms with E-state index in [9.17, 15) is 34.5 Å². The van der Waals surface area contributed by atoms with E-state index in [1.807, 2.05) is 39.0 Å². The lowest BCUT2D eigenvalue weighted by Gasteiger charge is -2.47. The molecule has 2 saturated heterocycles. The molecule has 13 nitrogen and oxygen atoms in total. The number of fused-ring (bicyclic) bond motifs is 3. The van der Waals surface area contributed by atoms with Crippen LogP contribution < -0.4 is 0 Å². The fourth-order valence-corrected chi connectivity index (χ4v) is 10.1. The number of ketones is 2. The van der Waals surface area contributed by atoms with E-state index < -0.39 is 95.4 Å². The van der Waals surface area contributed by atoms with E-state index >= 15 is 0 Å². The quantitative estimate of drug-likeness (QED) is 0.161. The molecule has 0 spiro atoms. The second-order valence-electron chi connectivity index (χ2n) is 18.2. The van der Waals surface area contributed by atoms with Gasteiger partial charge in [0.05, 0.1) is 30.5 Å². The largest absolute Gasteiger partial charge is 0.456 e. The smallest absolute Gasteiger partial charge is 0.329 e. The summed E-state index contributed by atoms with van der Waals surface area (Å²) in [6.07, 6.45) is 5.60. The van der Waals surface area contributed by atoms with Crippen molar-refractivity contribution in [1.82, 2.24) is 4.90 Å². The third-order valence-electron chi connectivity index (χ3n) is 13.7. The van der Waals surface area contributed by atoms with Crippen molar-refractivity contribution < 1.29 is 58.2 Å². The summed E-state index contributed by atoms with van der Waals surface area (Å²) in [5, 5.41) is 34.5. The van der Waals surface area contributed by atoms with Crippen LogP contribution in [0.15, 0.2) is 36.0 Å². The highest BCUT2D eigenvalue weighted by molar-refractivity contribution is 6.39. The Morgan fingerprint density at radius 3 is 2.25 bits per heavy atom. The number of carbonyl (C=O) groups excluding carboxylic acids is 4. The Kier molecular flexibility index (Phi) is 17.7. The number of cyclic esters (lactones) is 1. The van der Waals surface area contributed by atoms with Crippen LogP contribution in [-0.4, -0.2) is 126 Å². The summed E-state index contributed by atoms with van der Waals surface area (Å²) >= 11 is 0. The van der Waals surface area contributed by atoms with Crippen LogP contribution in [0.25, 0.3) is 0 Å². The molecular weight excluding hydrogens is 759 g/mol. The number of hydrogen-bond acceptors (Lipinski definition) is 12. The van der Waals surface area contributed by atoms with Crippen LogP contribution in [0.3, 0.4) is 0 Å². The van der Waals surface area contributed by atoms with Gasteiger partial charge in [-0.05, 0) is 101 Å². The lowest BCUT2D eigenvalue weighted by atomic mass is 9.68. The number of aliphatic hydroxyl groups excluding tert-OH is 2. The van der Waals surface area contributed by atoms with Crippen molar-refractivity contribution in [2.75, 3.05) is 27.9 Å². The second kappa shape index (κ2) is 21.3. The molecule has 59 heavy (non-hydrogen) atoms. The van der Waals surface area contributed by atoms with E-state index in [-0.39, 0.29) is 37.5 Å². The lowest BCUT2D eigenvalue weighted by molar-refractivity contribution is -0.302. The molecule has 13 unspecified atom stereocenters. The van der Waals surface area contributed by atoms with E-state index in [1.54, 1.807) is 21.0 Å². The number of amides is 1. The van der Waals surface area contributed by atoms with Gasteiger partial charge in [-0.25, -0.2) is 4.79 Å². The number of esters is 1. The zero-order valence-corrected chi connectivity index (χ0v) is 37.0. The number of carbonyl (C=O) groups is 4. The van der Waals surface area contributed by atoms with E-state index in [2.05, 4.69) is 13.5 Å². The van der Waals surface area contributed by atoms with E-state index in [0.717, 1.165) is 5.57 Å². The average molecular weight is 832 g/mol. The summed E-state index contributed by atoms with van der Waals surface area (Å²) in [5.41, 5.74) is 1.12. The molecular formula is C46H73NO12. The lowest BCUT2D eigenvalue weighted by Crippen LogP contribution is -2.64. The van der Waals surface area contributed by atoms with Crippen molar-refractivity contribution in [1.29, 1.82) is 0 Å². The molecule has 3 heterocycles. The van der Waals surface area contributed by atoms with Crippen LogP contribution >= 0.6 is 0 Å². The summed E-state index contributed by atoms with van der Waals surface area (Å²) in [5.74, 6) is -7.63. The predicted molar refractivity (Wildman–Crippen MR) is 222 cm³/mol. The molecule has 334 valence electrons. The minimum absolute atomic E-state index is 0.0261. The van der Waals surface area contributed by atoms with Gasteiger partial charge in [0.1, 0.15) is 24.0 Å². The molecule has 1 amide bonds. The molecule has 2 bridgehead atoms. The maximum Gasteiger partial charge on any atom is 0.329 e. The number of ether oxygens (including phenoxy) is 5. The molecule has 1 saturated carbocycles. The minimum Gasteiger partial charge on any atom is -0.456 e. The fraction of sp³-hybridized carbons (Fsp3) is 0.783. The van der Waals surface area contributed by atoms with Crippen molar-refractivity contribution in [2.24, 2.45) is 29.1 Å². The molecule has 3 N–H and O–H groups in total. The SMILES string of the molecule is C=CCC1(C=C(C)C2OC(=O)C3CCCCN3C(=O)C(=O)C3(O)OC(C(OC)CC(C)CC(C)=CC(CC)C(=O)CC(O)C2C)C(OC)CC3C)CC[C@H](O)C(OC)C1. The number of Topliss-reactive ketones (excluding diaryl/α,β-unsaturated/α-hetero) is 2. The normalized spacial score (nSPS) is 40.4. The molecule has 1 aliphatic carbocycles. The van der Waals surface area contributed by atoms with E-state index in [1.165, 1.54) is 19.1 Å². The Bertz CT molecular complexity index is 1540. The summed E-state index contributed by atoms with van der Waals surface area (Å²) in [4.78, 5) is 58.2. The molecule has 4 aliphatic rings. The molecule has 13 heteroatoms. The first-order chi connectivity index (χ1) is 27.9. The van der Waals surface area contributed by atoms with Gasteiger partial charge >= 0.3 is 5.97 Å². The number of hydrogen-bond donors (Lipinski definition) is 3. The van der Waals surface area contributed by atoms with Gasteiger partial charge in [0, 0.05) is 52.0 Å². The standard InChI is InChI=1S/C46H73NO12/c1-11-17-45(18-16-34(48)39(26-45)57-10)25-29(5)40-31(7)35(49)24-36(50)32(12-2)21-27(3)20-28(4)22-37(55-8)41-38(56-9)23-30(6)46(54,59-41)42(51)43(52)47-19-14-13-15-33(47)44(53)58-40/h11,21,25,28,30-35,37-41,48-49,54H,1,12-20,22-24,26H2,2-10H3/t28?,30?,31?,32?,33?,34-,35?,37?,38?,39?,40?,41?,45?,46?/m0/s1. The van der Waals surface area contributed by atoms with Crippen molar-refractivity contribution in [3.8, 4) is 0 Å². The van der Waals surface area contributed by atoms with Gasteiger partial charge in [0.2, 0.25) is 5.79 Å². The monoisotopic (exact) mass is 832 g/mol. The number of rotatable bonds is 8. The fourth-order valence-electron chi connectivity index (χ4n) is 10.1. The zero-order chi connectivity index (χ0) is 43.8. The van der Waals surface area contributed by atoms with Crippen molar-refractivity contribution >= 4 is 23.4 Å².